The molecule has 0 bridgehead atoms. The fourth-order valence-electron chi connectivity index (χ4n) is 1.26. The van der Waals surface area contributed by atoms with Gasteiger partial charge in [0, 0.05) is 20.8 Å². The molecule has 0 spiro atoms. The summed E-state index contributed by atoms with van der Waals surface area (Å²) in [6, 6.07) is 0. The van der Waals surface area contributed by atoms with Crippen molar-refractivity contribution < 1.29 is 42.9 Å². The molecule has 0 fully saturated rings. The van der Waals surface area contributed by atoms with E-state index in [0.29, 0.717) is 0 Å². The van der Waals surface area contributed by atoms with Crippen LogP contribution < -0.4 is 0 Å². The van der Waals surface area contributed by atoms with E-state index < -0.39 is 48.5 Å². The number of esters is 4. The molecule has 0 aliphatic heterocycles. The van der Waals surface area contributed by atoms with Gasteiger partial charge in [0.2, 0.25) is 18.0 Å². The van der Waals surface area contributed by atoms with Crippen LogP contribution >= 0.6 is 0 Å². The van der Waals surface area contributed by atoms with E-state index in [1.807, 2.05) is 0 Å². The zero-order chi connectivity index (χ0) is 16.6. The van der Waals surface area contributed by atoms with Crippen LogP contribution in [0.3, 0.4) is 0 Å². The summed E-state index contributed by atoms with van der Waals surface area (Å²) >= 11 is 0. The molecule has 0 radical (unpaired) electrons. The molecule has 0 N–H and O–H groups in total. The monoisotopic (exact) mass is 304 g/mol. The van der Waals surface area contributed by atoms with Crippen LogP contribution in [0.25, 0.3) is 0 Å². The van der Waals surface area contributed by atoms with Gasteiger partial charge in [0.25, 0.3) is 0 Å². The number of rotatable bonds is 7. The first-order valence-corrected chi connectivity index (χ1v) is 5.77. The lowest BCUT2D eigenvalue weighted by atomic mass is 10.1. The van der Waals surface area contributed by atoms with E-state index in [-0.39, 0.29) is 0 Å². The van der Waals surface area contributed by atoms with E-state index in [1.165, 1.54) is 0 Å². The Morgan fingerprint density at radius 3 is 1.67 bits per heavy atom. The van der Waals surface area contributed by atoms with Crippen LogP contribution in [0.15, 0.2) is 0 Å². The van der Waals surface area contributed by atoms with Crippen LogP contribution in [-0.2, 0) is 42.9 Å². The number of hydrogen-bond acceptors (Lipinski definition) is 9. The van der Waals surface area contributed by atoms with Crippen molar-refractivity contribution in [2.24, 2.45) is 0 Å². The fraction of sp³-hybridized carbons (Fsp3) is 0.583. The van der Waals surface area contributed by atoms with Gasteiger partial charge in [-0.3, -0.25) is 19.2 Å². The van der Waals surface area contributed by atoms with Crippen molar-refractivity contribution in [3.63, 3.8) is 0 Å². The summed E-state index contributed by atoms with van der Waals surface area (Å²) in [5.74, 6) is -4.54. The summed E-state index contributed by atoms with van der Waals surface area (Å²) in [7, 11) is 1.00. The van der Waals surface area contributed by atoms with E-state index in [2.05, 4.69) is 18.9 Å². The molecule has 9 nitrogen and oxygen atoms in total. The molecule has 0 aromatic heterocycles. The predicted molar refractivity (Wildman–Crippen MR) is 64.8 cm³/mol. The third kappa shape index (κ3) is 7.04. The summed E-state index contributed by atoms with van der Waals surface area (Å²) in [5, 5.41) is 0. The molecule has 0 aliphatic carbocycles. The highest BCUT2D eigenvalue weighted by molar-refractivity contribution is 5.94. The Balaban J connectivity index is 5.24. The quantitative estimate of drug-likeness (QED) is 0.437. The molecule has 21 heavy (non-hydrogen) atoms. The highest BCUT2D eigenvalue weighted by Gasteiger charge is 2.40. The van der Waals surface area contributed by atoms with E-state index in [1.54, 1.807) is 0 Å². The van der Waals surface area contributed by atoms with Crippen molar-refractivity contribution >= 4 is 29.7 Å². The Morgan fingerprint density at radius 1 is 0.810 bits per heavy atom. The van der Waals surface area contributed by atoms with Gasteiger partial charge in [-0.2, -0.15) is 0 Å². The van der Waals surface area contributed by atoms with Crippen molar-refractivity contribution in [1.82, 2.24) is 0 Å². The molecular formula is C12H16O9. The van der Waals surface area contributed by atoms with Crippen molar-refractivity contribution in [1.29, 1.82) is 0 Å². The topological polar surface area (TPSA) is 122 Å². The number of ether oxygens (including phenoxy) is 4. The van der Waals surface area contributed by atoms with Crippen molar-refractivity contribution in [2.75, 3.05) is 13.7 Å². The predicted octanol–water partition coefficient (Wildman–Crippen LogP) is -0.845. The van der Waals surface area contributed by atoms with Gasteiger partial charge in [-0.05, 0) is 0 Å². The SMILES string of the molecule is COC(=O)[C@H](OC(C)=O)[C@H](OC(C)=O)C(=O)COC(C)=O. The lowest BCUT2D eigenvalue weighted by Crippen LogP contribution is -2.47. The lowest BCUT2D eigenvalue weighted by Gasteiger charge is -2.23. The minimum absolute atomic E-state index is 0.743. The van der Waals surface area contributed by atoms with Crippen LogP contribution in [0.5, 0.6) is 0 Å². The summed E-state index contributed by atoms with van der Waals surface area (Å²) in [6.45, 7) is 2.31. The van der Waals surface area contributed by atoms with Crippen molar-refractivity contribution in [3.05, 3.63) is 0 Å². The zero-order valence-corrected chi connectivity index (χ0v) is 12.0. The minimum Gasteiger partial charge on any atom is -0.466 e. The average molecular weight is 304 g/mol. The summed E-state index contributed by atoms with van der Waals surface area (Å²) in [4.78, 5) is 56.1. The van der Waals surface area contributed by atoms with Gasteiger partial charge in [0.05, 0.1) is 7.11 Å². The molecule has 0 amide bonds. The summed E-state index contributed by atoms with van der Waals surface area (Å²) in [5.41, 5.74) is 0. The van der Waals surface area contributed by atoms with Gasteiger partial charge < -0.3 is 18.9 Å². The minimum atomic E-state index is -1.78. The summed E-state index contributed by atoms with van der Waals surface area (Å²) < 4.78 is 18.2. The normalized spacial score (nSPS) is 12.6. The zero-order valence-electron chi connectivity index (χ0n) is 12.0. The van der Waals surface area contributed by atoms with Gasteiger partial charge in [-0.25, -0.2) is 4.79 Å². The molecule has 0 saturated carbocycles. The Bertz CT molecular complexity index is 440. The Hall–Kier alpha value is -2.45. The number of Topliss-reactive ketones (excluding diaryl/α,β-unsaturated/α-hetero) is 1. The Kier molecular flexibility index (Phi) is 7.66. The van der Waals surface area contributed by atoms with Gasteiger partial charge >= 0.3 is 23.9 Å². The van der Waals surface area contributed by atoms with E-state index >= 15 is 0 Å². The molecule has 0 unspecified atom stereocenters. The number of ketones is 1. The van der Waals surface area contributed by atoms with Gasteiger partial charge in [0.1, 0.15) is 0 Å². The van der Waals surface area contributed by atoms with E-state index in [9.17, 15) is 24.0 Å². The number of methoxy groups -OCH3 is 1. The Labute approximate surface area is 120 Å². The molecule has 118 valence electrons. The second-order valence-corrected chi connectivity index (χ2v) is 3.83. The molecule has 0 aromatic rings. The van der Waals surface area contributed by atoms with E-state index in [0.717, 1.165) is 27.9 Å². The Morgan fingerprint density at radius 2 is 1.29 bits per heavy atom. The van der Waals surface area contributed by atoms with Crippen LogP contribution in [0, 0.1) is 0 Å². The fourth-order valence-corrected chi connectivity index (χ4v) is 1.26. The van der Waals surface area contributed by atoms with Gasteiger partial charge in [-0.15, -0.1) is 0 Å². The third-order valence-electron chi connectivity index (χ3n) is 2.03. The van der Waals surface area contributed by atoms with Gasteiger partial charge in [-0.1, -0.05) is 0 Å². The van der Waals surface area contributed by atoms with Gasteiger partial charge in [0.15, 0.2) is 6.61 Å². The maximum atomic E-state index is 11.9. The smallest absolute Gasteiger partial charge is 0.351 e. The molecule has 9 heteroatoms. The molecule has 2 atom stereocenters. The standard InChI is InChI=1S/C12H16O9/c1-6(13)19-5-9(16)10(20-7(2)14)11(12(17)18-4)21-8(3)15/h10-11H,5H2,1-4H3/t10-,11-/m1/s1. The second-order valence-electron chi connectivity index (χ2n) is 3.83. The van der Waals surface area contributed by atoms with Crippen molar-refractivity contribution in [2.45, 2.75) is 33.0 Å². The largest absolute Gasteiger partial charge is 0.466 e. The first kappa shape index (κ1) is 18.6. The maximum Gasteiger partial charge on any atom is 0.351 e. The third-order valence-corrected chi connectivity index (χ3v) is 2.03. The number of carbonyl (C=O) groups excluding carboxylic acids is 5. The second kappa shape index (κ2) is 8.67. The maximum absolute atomic E-state index is 11.9. The van der Waals surface area contributed by atoms with Crippen LogP contribution in [0.2, 0.25) is 0 Å². The molecule has 0 aromatic carbocycles. The lowest BCUT2D eigenvalue weighted by molar-refractivity contribution is -0.182. The summed E-state index contributed by atoms with van der Waals surface area (Å²) in [6.07, 6.45) is -3.54. The number of carbonyl (C=O) groups is 5. The average Bonchev–Trinajstić information content (AvgIpc) is 2.38. The highest BCUT2D eigenvalue weighted by Crippen LogP contribution is 2.10. The number of hydrogen-bond donors (Lipinski definition) is 0. The molecule has 0 saturated heterocycles. The molecule has 0 heterocycles. The van der Waals surface area contributed by atoms with E-state index in [4.69, 9.17) is 0 Å². The van der Waals surface area contributed by atoms with Crippen LogP contribution in [0.1, 0.15) is 20.8 Å². The molecule has 0 rings (SSSR count). The van der Waals surface area contributed by atoms with Crippen molar-refractivity contribution in [3.8, 4) is 0 Å². The highest BCUT2D eigenvalue weighted by atomic mass is 16.6. The molecule has 0 aliphatic rings. The first-order valence-electron chi connectivity index (χ1n) is 5.77. The van der Waals surface area contributed by atoms with Crippen LogP contribution in [-0.4, -0.2) is 55.6 Å². The molecular weight excluding hydrogens is 288 g/mol. The first-order chi connectivity index (χ1) is 9.68. The van der Waals surface area contributed by atoms with Crippen LogP contribution in [0.4, 0.5) is 0 Å².